The zero-order valence-corrected chi connectivity index (χ0v) is 15.7. The van der Waals surface area contributed by atoms with E-state index in [-0.39, 0.29) is 16.8 Å². The van der Waals surface area contributed by atoms with E-state index in [0.29, 0.717) is 25.3 Å². The minimum atomic E-state index is -3.66. The summed E-state index contributed by atoms with van der Waals surface area (Å²) in [5.41, 5.74) is 0.503. The first-order valence-electron chi connectivity index (χ1n) is 8.22. The Bertz CT molecular complexity index is 807. The van der Waals surface area contributed by atoms with E-state index in [0.717, 1.165) is 17.7 Å². The fourth-order valence-corrected chi connectivity index (χ4v) is 5.10. The van der Waals surface area contributed by atoms with Gasteiger partial charge in [-0.2, -0.15) is 4.31 Å². The van der Waals surface area contributed by atoms with Gasteiger partial charge in [0, 0.05) is 30.1 Å². The van der Waals surface area contributed by atoms with Gasteiger partial charge in [-0.3, -0.25) is 4.79 Å². The first-order valence-corrected chi connectivity index (χ1v) is 10.5. The summed E-state index contributed by atoms with van der Waals surface area (Å²) in [7, 11) is -3.66. The van der Waals surface area contributed by atoms with E-state index in [9.17, 15) is 13.2 Å². The smallest absolute Gasteiger partial charge is 0.243 e. The molecular weight excluding hydrogens is 358 g/mol. The monoisotopic (exact) mass is 379 g/mol. The van der Waals surface area contributed by atoms with Gasteiger partial charge in [-0.1, -0.05) is 18.2 Å². The molecule has 1 atom stereocenters. The van der Waals surface area contributed by atoms with Crippen LogP contribution >= 0.6 is 11.3 Å². The van der Waals surface area contributed by atoms with Crippen LogP contribution in [-0.2, 0) is 21.3 Å². The largest absolute Gasteiger partial charge is 0.377 e. The summed E-state index contributed by atoms with van der Waals surface area (Å²) >= 11 is 1.54. The average Bonchev–Trinajstić information content (AvgIpc) is 3.28. The molecule has 0 N–H and O–H groups in total. The van der Waals surface area contributed by atoms with Gasteiger partial charge in [0.05, 0.1) is 11.0 Å². The lowest BCUT2D eigenvalue weighted by molar-refractivity contribution is 0.0927. The highest BCUT2D eigenvalue weighted by Gasteiger charge is 2.29. The fourth-order valence-electron chi connectivity index (χ4n) is 2.85. The summed E-state index contributed by atoms with van der Waals surface area (Å²) in [6.07, 6.45) is 1.77. The summed E-state index contributed by atoms with van der Waals surface area (Å²) in [6.45, 7) is 2.82. The van der Waals surface area contributed by atoms with Gasteiger partial charge in [0.25, 0.3) is 0 Å². The van der Waals surface area contributed by atoms with Crippen molar-refractivity contribution in [3.8, 4) is 0 Å². The van der Waals surface area contributed by atoms with Gasteiger partial charge < -0.3 is 4.74 Å². The number of ketones is 1. The molecule has 0 unspecified atom stereocenters. The third-order valence-corrected chi connectivity index (χ3v) is 6.93. The molecule has 0 aliphatic carbocycles. The Hall–Kier alpha value is -1.54. The molecule has 1 saturated heterocycles. The quantitative estimate of drug-likeness (QED) is 0.692. The van der Waals surface area contributed by atoms with Crippen molar-refractivity contribution in [1.82, 2.24) is 4.31 Å². The summed E-state index contributed by atoms with van der Waals surface area (Å²) < 4.78 is 33.4. The second kappa shape index (κ2) is 7.78. The minimum absolute atomic E-state index is 0.0637. The van der Waals surface area contributed by atoms with Crippen molar-refractivity contribution in [3.63, 3.8) is 0 Å². The Morgan fingerprint density at radius 1 is 1.28 bits per heavy atom. The van der Waals surface area contributed by atoms with Crippen molar-refractivity contribution in [1.29, 1.82) is 0 Å². The molecule has 0 saturated carbocycles. The predicted molar refractivity (Wildman–Crippen MR) is 97.3 cm³/mol. The molecule has 3 rings (SSSR count). The number of ether oxygens (including phenoxy) is 1. The van der Waals surface area contributed by atoms with Crippen LogP contribution in [0.1, 0.15) is 35.0 Å². The normalized spacial score (nSPS) is 17.9. The number of rotatable bonds is 7. The maximum Gasteiger partial charge on any atom is 0.243 e. The van der Waals surface area contributed by atoms with E-state index >= 15 is 0 Å². The minimum Gasteiger partial charge on any atom is -0.377 e. The molecule has 25 heavy (non-hydrogen) atoms. The highest BCUT2D eigenvalue weighted by atomic mass is 32.2. The molecule has 0 radical (unpaired) electrons. The molecule has 2 heterocycles. The van der Waals surface area contributed by atoms with Crippen molar-refractivity contribution in [2.45, 2.75) is 37.3 Å². The van der Waals surface area contributed by atoms with Crippen LogP contribution in [0, 0.1) is 0 Å². The number of benzene rings is 1. The van der Waals surface area contributed by atoms with Crippen molar-refractivity contribution >= 4 is 27.1 Å². The third-order valence-electron chi connectivity index (χ3n) is 4.24. The Morgan fingerprint density at radius 2 is 2.04 bits per heavy atom. The van der Waals surface area contributed by atoms with Gasteiger partial charge in [0.15, 0.2) is 5.78 Å². The Morgan fingerprint density at radius 3 is 2.60 bits per heavy atom. The molecule has 2 aromatic rings. The predicted octanol–water partition coefficient (Wildman–Crippen LogP) is 3.32. The maximum absolute atomic E-state index is 13.1. The van der Waals surface area contributed by atoms with Crippen LogP contribution < -0.4 is 0 Å². The second-order valence-corrected chi connectivity index (χ2v) is 9.06. The summed E-state index contributed by atoms with van der Waals surface area (Å²) in [4.78, 5) is 12.6. The number of nitrogens with zero attached hydrogens (tertiary/aromatic N) is 1. The summed E-state index contributed by atoms with van der Waals surface area (Å²) in [5.74, 6) is -0.0845. The number of carbonyl (C=O) groups excluding carboxylic acids is 1. The summed E-state index contributed by atoms with van der Waals surface area (Å²) in [6, 6.07) is 9.97. The number of thiophene rings is 1. The van der Waals surface area contributed by atoms with Gasteiger partial charge in [0.1, 0.15) is 0 Å². The molecule has 5 nitrogen and oxygen atoms in total. The van der Waals surface area contributed by atoms with Crippen LogP contribution in [-0.4, -0.2) is 37.8 Å². The lowest BCUT2D eigenvalue weighted by Gasteiger charge is -2.24. The van der Waals surface area contributed by atoms with Crippen molar-refractivity contribution in [2.24, 2.45) is 0 Å². The second-order valence-electron chi connectivity index (χ2n) is 6.09. The molecule has 1 aromatic heterocycles. The third kappa shape index (κ3) is 4.36. The van der Waals surface area contributed by atoms with E-state index < -0.39 is 10.0 Å². The first kappa shape index (κ1) is 18.3. The number of sulfonamides is 1. The number of hydrogen-bond donors (Lipinski definition) is 0. The molecule has 0 amide bonds. The molecule has 0 spiro atoms. The van der Waals surface area contributed by atoms with E-state index in [4.69, 9.17) is 4.74 Å². The molecule has 134 valence electrons. The molecular formula is C18H21NO4S2. The average molecular weight is 380 g/mol. The zero-order valence-electron chi connectivity index (χ0n) is 14.1. The van der Waals surface area contributed by atoms with E-state index in [1.165, 1.54) is 34.7 Å². The standard InChI is InChI=1S/C18H21NO4S2/c1-14(20)15-6-8-18(9-7-15)25(21,22)19(12-16-4-2-10-23-16)13-17-5-3-11-24-17/h3,5-9,11,16H,2,4,10,12-13H2,1H3/t16-/m1/s1. The molecule has 1 aliphatic heterocycles. The van der Waals surface area contributed by atoms with Crippen molar-refractivity contribution in [2.75, 3.05) is 13.2 Å². The SMILES string of the molecule is CC(=O)c1ccc(S(=O)(=O)N(Cc2cccs2)C[C@H]2CCCO2)cc1. The van der Waals surface area contributed by atoms with Crippen LogP contribution in [0.15, 0.2) is 46.7 Å². The Balaban J connectivity index is 1.87. The van der Waals surface area contributed by atoms with Gasteiger partial charge in [-0.05, 0) is 43.3 Å². The Labute approximate surface area is 152 Å². The van der Waals surface area contributed by atoms with Gasteiger partial charge >= 0.3 is 0 Å². The number of carbonyl (C=O) groups is 1. The summed E-state index contributed by atoms with van der Waals surface area (Å²) in [5, 5.41) is 1.94. The highest BCUT2D eigenvalue weighted by Crippen LogP contribution is 2.24. The lowest BCUT2D eigenvalue weighted by atomic mass is 10.2. The maximum atomic E-state index is 13.1. The zero-order chi connectivity index (χ0) is 17.9. The molecule has 0 bridgehead atoms. The van der Waals surface area contributed by atoms with Crippen molar-refractivity contribution < 1.29 is 17.9 Å². The van der Waals surface area contributed by atoms with Crippen LogP contribution in [0.5, 0.6) is 0 Å². The van der Waals surface area contributed by atoms with Gasteiger partial charge in [-0.25, -0.2) is 8.42 Å². The fraction of sp³-hybridized carbons (Fsp3) is 0.389. The first-order chi connectivity index (χ1) is 12.0. The molecule has 1 aromatic carbocycles. The number of Topliss-reactive ketones (excluding diaryl/α,β-unsaturated/α-hetero) is 1. The Kier molecular flexibility index (Phi) is 5.68. The van der Waals surface area contributed by atoms with E-state index in [2.05, 4.69) is 0 Å². The molecule has 1 fully saturated rings. The van der Waals surface area contributed by atoms with Gasteiger partial charge in [-0.15, -0.1) is 11.3 Å². The topological polar surface area (TPSA) is 63.7 Å². The van der Waals surface area contributed by atoms with Crippen LogP contribution in [0.3, 0.4) is 0 Å². The van der Waals surface area contributed by atoms with E-state index in [1.807, 2.05) is 17.5 Å². The van der Waals surface area contributed by atoms with Crippen LogP contribution in [0.4, 0.5) is 0 Å². The number of hydrogen-bond acceptors (Lipinski definition) is 5. The van der Waals surface area contributed by atoms with Crippen molar-refractivity contribution in [3.05, 3.63) is 52.2 Å². The lowest BCUT2D eigenvalue weighted by Crippen LogP contribution is -2.36. The molecule has 1 aliphatic rings. The molecule has 7 heteroatoms. The highest BCUT2D eigenvalue weighted by molar-refractivity contribution is 7.89. The van der Waals surface area contributed by atoms with Crippen LogP contribution in [0.25, 0.3) is 0 Å². The van der Waals surface area contributed by atoms with E-state index in [1.54, 1.807) is 12.1 Å². The van der Waals surface area contributed by atoms with Crippen LogP contribution in [0.2, 0.25) is 0 Å². The van der Waals surface area contributed by atoms with Gasteiger partial charge in [0.2, 0.25) is 10.0 Å².